The second-order valence-electron chi connectivity index (χ2n) is 19.7. The van der Waals surface area contributed by atoms with Gasteiger partial charge in [-0.25, -0.2) is 0 Å². The van der Waals surface area contributed by atoms with E-state index in [4.69, 9.17) is 4.74 Å². The molecule has 0 saturated carbocycles. The van der Waals surface area contributed by atoms with Crippen molar-refractivity contribution in [2.45, 2.75) is 74.1 Å². The molecule has 0 aromatic heterocycles. The third-order valence-corrected chi connectivity index (χ3v) is 13.7. The van der Waals surface area contributed by atoms with E-state index in [2.05, 4.69) is 118 Å². The number of allylic oxidation sites excluding steroid dienone is 2. The maximum absolute atomic E-state index is 12.9. The Morgan fingerprint density at radius 3 is 1.30 bits per heavy atom. The molecule has 81 heavy (non-hydrogen) atoms. The first-order valence-corrected chi connectivity index (χ1v) is 28.2. The van der Waals surface area contributed by atoms with Crippen molar-refractivity contribution in [1.29, 1.82) is 0 Å². The lowest BCUT2D eigenvalue weighted by Gasteiger charge is -2.24. The fraction of sp³-hybridized carbons (Fsp3) is 0.265. The fourth-order valence-corrected chi connectivity index (χ4v) is 9.08. The van der Waals surface area contributed by atoms with Gasteiger partial charge in [0.05, 0.1) is 46.2 Å². The maximum atomic E-state index is 12.9. The number of carbonyl (C=O) groups is 3. The molecule has 3 aliphatic heterocycles. The molecule has 0 bridgehead atoms. The van der Waals surface area contributed by atoms with Crippen molar-refractivity contribution in [2.75, 3.05) is 76.6 Å². The lowest BCUT2D eigenvalue weighted by molar-refractivity contribution is -0.115. The average Bonchev–Trinajstić information content (AvgIpc) is 4.11. The van der Waals surface area contributed by atoms with E-state index in [1.54, 1.807) is 0 Å². The molecule has 3 aliphatic rings. The molecule has 3 heterocycles. The molecule has 13 nitrogen and oxygen atoms in total. The van der Waals surface area contributed by atoms with E-state index >= 15 is 0 Å². The number of hydrogen-bond donors (Lipinski definition) is 0. The second-order valence-corrected chi connectivity index (χ2v) is 19.7. The lowest BCUT2D eigenvalue weighted by atomic mass is 10.1. The zero-order chi connectivity index (χ0) is 57.7. The highest BCUT2D eigenvalue weighted by Crippen LogP contribution is 2.29. The van der Waals surface area contributed by atoms with Crippen molar-refractivity contribution in [3.63, 3.8) is 0 Å². The minimum absolute atomic E-state index is 0.0784. The number of para-hydroxylation sites is 3. The average molecular weight is 1080 g/mol. The Labute approximate surface area is 479 Å². The number of ether oxygens (including phenoxy) is 1. The summed E-state index contributed by atoms with van der Waals surface area (Å²) in [5.74, 6) is -0.00163. The van der Waals surface area contributed by atoms with Crippen molar-refractivity contribution in [2.24, 2.45) is 15.3 Å². The van der Waals surface area contributed by atoms with Gasteiger partial charge in [0.1, 0.15) is 5.57 Å². The molecule has 0 N–H and O–H groups in total. The number of unbranched alkanes of at least 4 members (excludes halogenated alkanes) is 2. The highest BCUT2D eigenvalue weighted by molar-refractivity contribution is 6.32. The van der Waals surface area contributed by atoms with Crippen molar-refractivity contribution in [3.8, 4) is 0 Å². The molecule has 0 unspecified atom stereocenters. The first kappa shape index (κ1) is 59.6. The zero-order valence-corrected chi connectivity index (χ0v) is 48.5. The monoisotopic (exact) mass is 1080 g/mol. The van der Waals surface area contributed by atoms with Gasteiger partial charge in [0.2, 0.25) is 5.90 Å². The van der Waals surface area contributed by atoms with E-state index < -0.39 is 0 Å². The van der Waals surface area contributed by atoms with Gasteiger partial charge < -0.3 is 19.4 Å². The van der Waals surface area contributed by atoms with Gasteiger partial charge in [-0.2, -0.15) is 25.2 Å². The molecular formula is C68H77N9O4. The molecule has 13 heteroatoms. The van der Waals surface area contributed by atoms with Gasteiger partial charge in [-0.1, -0.05) is 130 Å². The van der Waals surface area contributed by atoms with Gasteiger partial charge in [-0.05, 0) is 155 Å². The van der Waals surface area contributed by atoms with Crippen LogP contribution in [0.1, 0.15) is 90.8 Å². The van der Waals surface area contributed by atoms with Gasteiger partial charge in [-0.3, -0.25) is 14.4 Å². The molecule has 418 valence electrons. The second kappa shape index (κ2) is 29.8. The van der Waals surface area contributed by atoms with Crippen LogP contribution in [-0.4, -0.2) is 81.9 Å². The summed E-state index contributed by atoms with van der Waals surface area (Å²) in [5.41, 5.74) is 12.1. The predicted molar refractivity (Wildman–Crippen MR) is 339 cm³/mol. The molecular weight excluding hydrogens is 1010 g/mol. The van der Waals surface area contributed by atoms with Gasteiger partial charge in [0.15, 0.2) is 0 Å². The van der Waals surface area contributed by atoms with Crippen LogP contribution in [0.3, 0.4) is 0 Å². The number of carbonyl (C=O) groups excluding carboxylic acids is 3. The maximum Gasteiger partial charge on any atom is 0.284 e. The molecule has 0 fully saturated rings. The minimum Gasteiger partial charge on any atom is -0.476 e. The first-order valence-electron chi connectivity index (χ1n) is 28.2. The standard InChI is InChI=1S/C25H31N3O.C22H25N3O2.C21H21N3O/c1-4-6-17-27(18-7-5-2)22-15-13-21(14-16-22)19-24-20(3)26-28(25(24)29)23-11-9-8-10-12-23;1-4-24(5-2)18-14-12-17(13-15-18)16-20-21(27-6-3)23-25(22(20)26)19-10-8-7-9-11-19;1-16-20(21(25)24(22-16)19-9-5-4-6-10-19)11-7-8-17-12-14-18(15-13-17)23(2)3/h8-16,19H,4-7,17-18H2,1-3H3;7-16H,4-6H2,1-3H3;4-15H,1-3H3/b;;8-7+,20-11-. The number of rotatable bonds is 19. The molecule has 6 aromatic carbocycles. The van der Waals surface area contributed by atoms with Crippen molar-refractivity contribution in [3.05, 3.63) is 209 Å². The molecule has 0 aliphatic carbocycles. The number of nitrogens with zero attached hydrogens (tertiary/aromatic N) is 9. The van der Waals surface area contributed by atoms with Crippen LogP contribution in [0, 0.1) is 0 Å². The lowest BCUT2D eigenvalue weighted by Crippen LogP contribution is -2.25. The summed E-state index contributed by atoms with van der Waals surface area (Å²) >= 11 is 0. The molecule has 3 amide bonds. The Morgan fingerprint density at radius 1 is 0.457 bits per heavy atom. The van der Waals surface area contributed by atoms with Crippen LogP contribution in [0.2, 0.25) is 0 Å². The number of hydrogen-bond acceptors (Lipinski definition) is 10. The van der Waals surface area contributed by atoms with Crippen molar-refractivity contribution in [1.82, 2.24) is 0 Å². The number of amides is 3. The summed E-state index contributed by atoms with van der Waals surface area (Å²) in [5, 5.41) is 17.5. The van der Waals surface area contributed by atoms with E-state index in [-0.39, 0.29) is 17.7 Å². The highest BCUT2D eigenvalue weighted by Gasteiger charge is 2.33. The van der Waals surface area contributed by atoms with Gasteiger partial charge in [0, 0.05) is 57.3 Å². The predicted octanol–water partition coefficient (Wildman–Crippen LogP) is 14.3. The minimum atomic E-state index is -0.183. The quantitative estimate of drug-likeness (QED) is 0.0742. The van der Waals surface area contributed by atoms with Crippen LogP contribution in [0.5, 0.6) is 0 Å². The summed E-state index contributed by atoms with van der Waals surface area (Å²) < 4.78 is 5.62. The topological polar surface area (TPSA) is 117 Å². The SMILES string of the molecule is CC1=NN(c2ccccc2)C(=O)/C1=C\C=C\c1ccc(N(C)C)cc1.CCCCN(CCCC)c1ccc(C=C2C(=O)N(c3ccccc3)N=C2C)cc1.CCOC1=NN(c2ccccc2)C(=O)C1=Cc1ccc(N(CC)CC)cc1. The van der Waals surface area contributed by atoms with E-state index in [1.807, 2.05) is 168 Å². The number of benzene rings is 6. The van der Waals surface area contributed by atoms with E-state index in [1.165, 1.54) is 52.1 Å². The Balaban J connectivity index is 0.000000176. The Hall–Kier alpha value is -9.10. The molecule has 6 aromatic rings. The van der Waals surface area contributed by atoms with Gasteiger partial charge >= 0.3 is 0 Å². The third kappa shape index (κ3) is 15.8. The zero-order valence-electron chi connectivity index (χ0n) is 48.5. The summed E-state index contributed by atoms with van der Waals surface area (Å²) in [7, 11) is 4.03. The summed E-state index contributed by atoms with van der Waals surface area (Å²) in [4.78, 5) is 45.2. The molecule has 0 radical (unpaired) electrons. The number of hydrazone groups is 3. The Bertz CT molecular complexity index is 3240. The van der Waals surface area contributed by atoms with Gasteiger partial charge in [-0.15, -0.1) is 5.10 Å². The Morgan fingerprint density at radius 2 is 0.852 bits per heavy atom. The largest absolute Gasteiger partial charge is 0.476 e. The fourth-order valence-electron chi connectivity index (χ4n) is 9.08. The summed E-state index contributed by atoms with van der Waals surface area (Å²) in [6.07, 6.45) is 14.3. The van der Waals surface area contributed by atoms with Crippen LogP contribution in [0.25, 0.3) is 18.2 Å². The van der Waals surface area contributed by atoms with Crippen molar-refractivity contribution < 1.29 is 19.1 Å². The van der Waals surface area contributed by atoms with Crippen molar-refractivity contribution >= 4 is 87.4 Å². The van der Waals surface area contributed by atoms with E-state index in [9.17, 15) is 14.4 Å². The summed E-state index contributed by atoms with van der Waals surface area (Å²) in [6.45, 7) is 18.9. The Kier molecular flexibility index (Phi) is 21.9. The smallest absolute Gasteiger partial charge is 0.284 e. The highest BCUT2D eigenvalue weighted by atomic mass is 16.5. The number of anilines is 6. The first-order chi connectivity index (χ1) is 39.4. The van der Waals surface area contributed by atoms with E-state index in [0.717, 1.165) is 77.0 Å². The van der Waals surface area contributed by atoms with Crippen LogP contribution in [-0.2, 0) is 19.1 Å². The van der Waals surface area contributed by atoms with Crippen LogP contribution in [0.15, 0.2) is 208 Å². The molecule has 0 atom stereocenters. The van der Waals surface area contributed by atoms with E-state index in [0.29, 0.717) is 29.2 Å². The van der Waals surface area contributed by atoms with Gasteiger partial charge in [0.25, 0.3) is 17.7 Å². The molecule has 0 spiro atoms. The third-order valence-electron chi connectivity index (χ3n) is 13.7. The normalized spacial score (nSPS) is 15.4. The summed E-state index contributed by atoms with van der Waals surface area (Å²) in [6, 6.07) is 53.3. The van der Waals surface area contributed by atoms with Crippen LogP contribution >= 0.6 is 0 Å². The van der Waals surface area contributed by atoms with Crippen LogP contribution in [0.4, 0.5) is 34.1 Å². The molecule has 9 rings (SSSR count). The molecule has 0 saturated heterocycles. The van der Waals surface area contributed by atoms with Crippen LogP contribution < -0.4 is 29.7 Å².